The molecule has 0 saturated carbocycles. The fourth-order valence-corrected chi connectivity index (χ4v) is 5.07. The zero-order valence-electron chi connectivity index (χ0n) is 17.5. The van der Waals surface area contributed by atoms with E-state index in [1.54, 1.807) is 0 Å². The second-order valence-electron chi connectivity index (χ2n) is 7.88. The molecule has 2 aromatic heterocycles. The Balaban J connectivity index is 0.00000245. The molecule has 1 aliphatic heterocycles. The van der Waals surface area contributed by atoms with E-state index >= 15 is 0 Å². The van der Waals surface area contributed by atoms with Crippen LogP contribution in [0.1, 0.15) is 23.2 Å². The minimum absolute atomic E-state index is 0. The maximum Gasteiger partial charge on any atom is 0.251 e. The Morgan fingerprint density at radius 2 is 2.12 bits per heavy atom. The number of carbonyl (C=O) groups is 1. The van der Waals surface area contributed by atoms with Gasteiger partial charge in [0.25, 0.3) is 5.91 Å². The van der Waals surface area contributed by atoms with Crippen molar-refractivity contribution in [3.8, 4) is 0 Å². The minimum Gasteiger partial charge on any atom is -0.352 e. The minimum atomic E-state index is -0.0595. The molecule has 0 aliphatic carbocycles. The van der Waals surface area contributed by atoms with Crippen LogP contribution in [-0.4, -0.2) is 40.1 Å². The summed E-state index contributed by atoms with van der Waals surface area (Å²) in [5.74, 6) is 1.11. The second kappa shape index (κ2) is 9.62. The van der Waals surface area contributed by atoms with E-state index in [4.69, 9.17) is 16.6 Å². The molecular formula is C22H24Cl2N6OS. The van der Waals surface area contributed by atoms with Gasteiger partial charge in [-0.2, -0.15) is 0 Å². The smallest absolute Gasteiger partial charge is 0.251 e. The van der Waals surface area contributed by atoms with Crippen LogP contribution < -0.4 is 16.0 Å². The van der Waals surface area contributed by atoms with E-state index in [2.05, 4.69) is 20.9 Å². The number of anilines is 2. The number of halogens is 2. The predicted octanol–water partition coefficient (Wildman–Crippen LogP) is 4.73. The lowest BCUT2D eigenvalue weighted by atomic mass is 9.99. The van der Waals surface area contributed by atoms with Gasteiger partial charge in [-0.3, -0.25) is 4.79 Å². The molecular weight excluding hydrogens is 467 g/mol. The van der Waals surface area contributed by atoms with E-state index in [-0.39, 0.29) is 18.3 Å². The molecule has 1 amide bonds. The van der Waals surface area contributed by atoms with Crippen LogP contribution in [0.3, 0.4) is 0 Å². The van der Waals surface area contributed by atoms with Gasteiger partial charge >= 0.3 is 0 Å². The van der Waals surface area contributed by atoms with Crippen LogP contribution in [0.4, 0.5) is 11.1 Å². The number of imidazole rings is 1. The summed E-state index contributed by atoms with van der Waals surface area (Å²) in [6, 6.07) is 11.3. The van der Waals surface area contributed by atoms with Crippen molar-refractivity contribution in [1.29, 1.82) is 0 Å². The number of thiazole rings is 1. The zero-order valence-corrected chi connectivity index (χ0v) is 19.9. The largest absolute Gasteiger partial charge is 0.352 e. The van der Waals surface area contributed by atoms with Gasteiger partial charge in [-0.05, 0) is 68.2 Å². The lowest BCUT2D eigenvalue weighted by molar-refractivity contribution is 0.0945. The highest BCUT2D eigenvalue weighted by atomic mass is 35.5. The van der Waals surface area contributed by atoms with Crippen LogP contribution in [-0.2, 0) is 7.05 Å². The van der Waals surface area contributed by atoms with Crippen LogP contribution in [0.2, 0.25) is 5.02 Å². The van der Waals surface area contributed by atoms with Gasteiger partial charge in [0.2, 0.25) is 5.95 Å². The van der Waals surface area contributed by atoms with Crippen molar-refractivity contribution >= 4 is 73.6 Å². The molecule has 1 aliphatic rings. The van der Waals surface area contributed by atoms with E-state index in [0.29, 0.717) is 29.0 Å². The fourth-order valence-electron chi connectivity index (χ4n) is 3.94. The van der Waals surface area contributed by atoms with Gasteiger partial charge in [-0.1, -0.05) is 22.9 Å². The monoisotopic (exact) mass is 490 g/mol. The lowest BCUT2D eigenvalue weighted by Crippen LogP contribution is -2.38. The molecule has 3 heterocycles. The van der Waals surface area contributed by atoms with Crippen LogP contribution in [0.25, 0.3) is 21.3 Å². The first kappa shape index (κ1) is 22.8. The number of nitrogens with zero attached hydrogens (tertiary/aromatic N) is 3. The number of piperidine rings is 1. The second-order valence-corrected chi connectivity index (χ2v) is 9.34. The molecule has 1 atom stereocenters. The van der Waals surface area contributed by atoms with Crippen LogP contribution in [0, 0.1) is 5.92 Å². The number of carbonyl (C=O) groups excluding carboxylic acids is 1. The Bertz CT molecular complexity index is 1260. The van der Waals surface area contributed by atoms with Gasteiger partial charge in [-0.15, -0.1) is 12.4 Å². The molecule has 1 saturated heterocycles. The Labute approximate surface area is 201 Å². The SMILES string of the molecule is Cl.Cn1c(Nc2nc3ccc(Cl)cc3s2)nc2cc(C(=O)NCC3CCCNC3)ccc21. The Morgan fingerprint density at radius 3 is 2.94 bits per heavy atom. The molecule has 168 valence electrons. The van der Waals surface area contributed by atoms with E-state index < -0.39 is 0 Å². The van der Waals surface area contributed by atoms with Crippen molar-refractivity contribution in [1.82, 2.24) is 25.2 Å². The van der Waals surface area contributed by atoms with E-state index in [9.17, 15) is 4.79 Å². The summed E-state index contributed by atoms with van der Waals surface area (Å²) in [7, 11) is 1.94. The van der Waals surface area contributed by atoms with Crippen LogP contribution in [0.5, 0.6) is 0 Å². The van der Waals surface area contributed by atoms with Crippen molar-refractivity contribution in [3.05, 3.63) is 47.0 Å². The van der Waals surface area contributed by atoms with Crippen molar-refractivity contribution in [2.45, 2.75) is 12.8 Å². The third kappa shape index (κ3) is 4.68. The van der Waals surface area contributed by atoms with Gasteiger partial charge < -0.3 is 20.5 Å². The molecule has 0 radical (unpaired) electrons. The summed E-state index contributed by atoms with van der Waals surface area (Å²) in [6.45, 7) is 2.73. The van der Waals surface area contributed by atoms with Crippen molar-refractivity contribution in [3.63, 3.8) is 0 Å². The number of aryl methyl sites for hydroxylation is 1. The van der Waals surface area contributed by atoms with Crippen LogP contribution >= 0.6 is 35.3 Å². The Kier molecular flexibility index (Phi) is 6.85. The highest BCUT2D eigenvalue weighted by Crippen LogP contribution is 2.31. The normalized spacial score (nSPS) is 16.1. The summed E-state index contributed by atoms with van der Waals surface area (Å²) < 4.78 is 2.98. The molecule has 0 spiro atoms. The van der Waals surface area contributed by atoms with E-state index in [0.717, 1.165) is 52.3 Å². The highest BCUT2D eigenvalue weighted by Gasteiger charge is 2.16. The third-order valence-corrected chi connectivity index (χ3v) is 6.83. The fraction of sp³-hybridized carbons (Fsp3) is 0.318. The molecule has 4 aromatic rings. The summed E-state index contributed by atoms with van der Waals surface area (Å²) in [5.41, 5.74) is 3.22. The van der Waals surface area contributed by atoms with Gasteiger partial charge in [0.05, 0.1) is 21.3 Å². The molecule has 7 nitrogen and oxygen atoms in total. The summed E-state index contributed by atoms with van der Waals surface area (Å²) in [4.78, 5) is 21.9. The van der Waals surface area contributed by atoms with E-state index in [1.807, 2.05) is 48.0 Å². The van der Waals surface area contributed by atoms with Gasteiger partial charge in [0.1, 0.15) is 0 Å². The molecule has 1 fully saturated rings. The van der Waals surface area contributed by atoms with Crippen molar-refractivity contribution in [2.24, 2.45) is 13.0 Å². The topological polar surface area (TPSA) is 83.9 Å². The molecule has 2 aromatic carbocycles. The average molecular weight is 491 g/mol. The molecule has 5 rings (SSSR count). The molecule has 0 bridgehead atoms. The van der Waals surface area contributed by atoms with Gasteiger partial charge in [0.15, 0.2) is 5.13 Å². The third-order valence-electron chi connectivity index (χ3n) is 5.66. The first-order chi connectivity index (χ1) is 15.1. The first-order valence-electron chi connectivity index (χ1n) is 10.4. The number of benzene rings is 2. The van der Waals surface area contributed by atoms with E-state index in [1.165, 1.54) is 11.3 Å². The standard InChI is InChI=1S/C22H23ClN6OS.ClH/c1-29-18-7-4-14(20(30)25-12-13-3-2-8-24-11-13)9-17(18)26-21(29)28-22-27-16-6-5-15(23)10-19(16)31-22;/h4-7,9-10,13,24H,2-3,8,11-12H2,1H3,(H,25,30)(H,26,27,28);1H. The van der Waals surface area contributed by atoms with Crippen LogP contribution in [0.15, 0.2) is 36.4 Å². The molecule has 32 heavy (non-hydrogen) atoms. The van der Waals surface area contributed by atoms with Gasteiger partial charge in [-0.25, -0.2) is 9.97 Å². The number of hydrogen-bond acceptors (Lipinski definition) is 6. The summed E-state index contributed by atoms with van der Waals surface area (Å²) in [6.07, 6.45) is 2.32. The highest BCUT2D eigenvalue weighted by molar-refractivity contribution is 7.22. The van der Waals surface area contributed by atoms with Crippen molar-refractivity contribution in [2.75, 3.05) is 25.0 Å². The number of nitrogens with one attached hydrogen (secondary N) is 3. The molecule has 3 N–H and O–H groups in total. The summed E-state index contributed by atoms with van der Waals surface area (Å²) >= 11 is 7.60. The lowest BCUT2D eigenvalue weighted by Gasteiger charge is -2.22. The number of aromatic nitrogens is 3. The maximum absolute atomic E-state index is 12.6. The first-order valence-corrected chi connectivity index (χ1v) is 11.5. The Hall–Kier alpha value is -2.39. The molecule has 10 heteroatoms. The zero-order chi connectivity index (χ0) is 21.4. The summed E-state index contributed by atoms with van der Waals surface area (Å²) in [5, 5.41) is 11.2. The number of fused-ring (bicyclic) bond motifs is 2. The van der Waals surface area contributed by atoms with Crippen molar-refractivity contribution < 1.29 is 4.79 Å². The number of rotatable bonds is 5. The Morgan fingerprint density at radius 1 is 1.25 bits per heavy atom. The predicted molar refractivity (Wildman–Crippen MR) is 134 cm³/mol. The molecule has 1 unspecified atom stereocenters. The number of amides is 1. The maximum atomic E-state index is 12.6. The quantitative estimate of drug-likeness (QED) is 0.376. The number of hydrogen-bond donors (Lipinski definition) is 3. The average Bonchev–Trinajstić information content (AvgIpc) is 3.32. The van der Waals surface area contributed by atoms with Gasteiger partial charge in [0, 0.05) is 24.2 Å².